The highest BCUT2D eigenvalue weighted by atomic mass is 79.9. The van der Waals surface area contributed by atoms with Gasteiger partial charge in [0.2, 0.25) is 0 Å². The molecule has 0 heterocycles. The molecule has 0 aromatic heterocycles. The lowest BCUT2D eigenvalue weighted by Crippen LogP contribution is -2.03. The van der Waals surface area contributed by atoms with E-state index in [1.165, 1.54) is 7.11 Å². The summed E-state index contributed by atoms with van der Waals surface area (Å²) in [5, 5.41) is 0.544. The van der Waals surface area contributed by atoms with Crippen LogP contribution in [-0.4, -0.2) is 13.1 Å². The van der Waals surface area contributed by atoms with Gasteiger partial charge in [-0.15, -0.1) is 0 Å². The topological polar surface area (TPSA) is 26.3 Å². The predicted molar refractivity (Wildman–Crippen MR) is 55.2 cm³/mol. The lowest BCUT2D eigenvalue weighted by atomic mass is 10.1. The third-order valence-corrected chi connectivity index (χ3v) is 3.12. The lowest BCUT2D eigenvalue weighted by Gasteiger charge is -2.06. The number of benzene rings is 1. The molecule has 70 valence electrons. The summed E-state index contributed by atoms with van der Waals surface area (Å²) >= 11 is 9.20. The summed E-state index contributed by atoms with van der Waals surface area (Å²) in [5.41, 5.74) is 1.22. The Bertz CT molecular complexity index is 350. The smallest absolute Gasteiger partial charge is 0.338 e. The minimum Gasteiger partial charge on any atom is -0.465 e. The van der Waals surface area contributed by atoms with E-state index in [9.17, 15) is 4.79 Å². The van der Waals surface area contributed by atoms with Gasteiger partial charge < -0.3 is 4.74 Å². The van der Waals surface area contributed by atoms with E-state index < -0.39 is 0 Å². The van der Waals surface area contributed by atoms with Crippen molar-refractivity contribution < 1.29 is 9.53 Å². The van der Waals surface area contributed by atoms with E-state index >= 15 is 0 Å². The van der Waals surface area contributed by atoms with Gasteiger partial charge in [-0.2, -0.15) is 0 Å². The number of carbonyl (C=O) groups excluding carboxylic acids is 1. The molecular formula is C9H8BrClO2. The number of halogens is 2. The van der Waals surface area contributed by atoms with Gasteiger partial charge in [-0.3, -0.25) is 0 Å². The van der Waals surface area contributed by atoms with Crippen LogP contribution in [0.25, 0.3) is 0 Å². The van der Waals surface area contributed by atoms with Crippen molar-refractivity contribution in [2.75, 3.05) is 7.11 Å². The fourth-order valence-electron chi connectivity index (χ4n) is 0.983. The first-order valence-corrected chi connectivity index (χ1v) is 4.78. The maximum absolute atomic E-state index is 11.2. The Hall–Kier alpha value is -0.540. The Morgan fingerprint density at radius 3 is 2.69 bits per heavy atom. The normalized spacial score (nSPS) is 9.85. The number of esters is 1. The van der Waals surface area contributed by atoms with Crippen molar-refractivity contribution in [3.63, 3.8) is 0 Å². The van der Waals surface area contributed by atoms with Gasteiger partial charge in [0.05, 0.1) is 17.7 Å². The first kappa shape index (κ1) is 10.5. The number of ether oxygens (including phenoxy) is 1. The third kappa shape index (κ3) is 2.03. The third-order valence-electron chi connectivity index (χ3n) is 1.74. The largest absolute Gasteiger partial charge is 0.465 e. The molecule has 0 spiro atoms. The van der Waals surface area contributed by atoms with Gasteiger partial charge in [0.15, 0.2) is 0 Å². The predicted octanol–water partition coefficient (Wildman–Crippen LogP) is 3.20. The maximum Gasteiger partial charge on any atom is 0.338 e. The van der Waals surface area contributed by atoms with Gasteiger partial charge in [0.1, 0.15) is 0 Å². The molecule has 0 unspecified atom stereocenters. The summed E-state index contributed by atoms with van der Waals surface area (Å²) in [5.74, 6) is -0.369. The van der Waals surface area contributed by atoms with E-state index in [1.54, 1.807) is 19.1 Å². The molecule has 0 aliphatic carbocycles. The molecule has 0 aliphatic heterocycles. The number of rotatable bonds is 1. The highest BCUT2D eigenvalue weighted by Crippen LogP contribution is 2.28. The first-order chi connectivity index (χ1) is 6.07. The Labute approximate surface area is 90.0 Å². The molecule has 0 fully saturated rings. The van der Waals surface area contributed by atoms with Gasteiger partial charge in [0, 0.05) is 4.47 Å². The summed E-state index contributed by atoms with van der Waals surface area (Å²) in [6.07, 6.45) is 0. The SMILES string of the molecule is COC(=O)c1ccc(Br)c(Cl)c1C. The van der Waals surface area contributed by atoms with Crippen molar-refractivity contribution in [3.8, 4) is 0 Å². The fourth-order valence-corrected chi connectivity index (χ4v) is 1.58. The van der Waals surface area contributed by atoms with Crippen LogP contribution < -0.4 is 0 Å². The number of hydrogen-bond acceptors (Lipinski definition) is 2. The minimum absolute atomic E-state index is 0.369. The lowest BCUT2D eigenvalue weighted by molar-refractivity contribution is 0.0600. The van der Waals surface area contributed by atoms with Crippen molar-refractivity contribution in [2.45, 2.75) is 6.92 Å². The minimum atomic E-state index is -0.369. The summed E-state index contributed by atoms with van der Waals surface area (Å²) in [4.78, 5) is 11.2. The zero-order valence-electron chi connectivity index (χ0n) is 7.23. The van der Waals surface area contributed by atoms with Crippen LogP contribution in [0, 0.1) is 6.92 Å². The number of hydrogen-bond donors (Lipinski definition) is 0. The molecule has 0 bridgehead atoms. The molecular weight excluding hydrogens is 255 g/mol. The summed E-state index contributed by atoms with van der Waals surface area (Å²) in [7, 11) is 1.34. The van der Waals surface area contributed by atoms with E-state index in [1.807, 2.05) is 0 Å². The number of carbonyl (C=O) groups is 1. The van der Waals surface area contributed by atoms with Crippen LogP contribution in [0.3, 0.4) is 0 Å². The van der Waals surface area contributed by atoms with Gasteiger partial charge in [-0.1, -0.05) is 11.6 Å². The van der Waals surface area contributed by atoms with Crippen LogP contribution in [0.1, 0.15) is 15.9 Å². The van der Waals surface area contributed by atoms with Crippen molar-refractivity contribution in [1.82, 2.24) is 0 Å². The van der Waals surface area contributed by atoms with Gasteiger partial charge in [-0.05, 0) is 40.5 Å². The quantitative estimate of drug-likeness (QED) is 0.727. The van der Waals surface area contributed by atoms with E-state index in [-0.39, 0.29) is 5.97 Å². The van der Waals surface area contributed by atoms with Crippen molar-refractivity contribution in [2.24, 2.45) is 0 Å². The molecule has 1 rings (SSSR count). The molecule has 2 nitrogen and oxygen atoms in total. The molecule has 1 aromatic carbocycles. The highest BCUT2D eigenvalue weighted by Gasteiger charge is 2.12. The average Bonchev–Trinajstić information content (AvgIpc) is 2.13. The zero-order valence-corrected chi connectivity index (χ0v) is 9.57. The molecule has 0 atom stereocenters. The Morgan fingerprint density at radius 2 is 2.15 bits per heavy atom. The summed E-state index contributed by atoms with van der Waals surface area (Å²) in [6, 6.07) is 3.40. The molecule has 4 heteroatoms. The second-order valence-electron chi connectivity index (χ2n) is 2.53. The van der Waals surface area contributed by atoms with Gasteiger partial charge in [-0.25, -0.2) is 4.79 Å². The fraction of sp³-hybridized carbons (Fsp3) is 0.222. The number of methoxy groups -OCH3 is 1. The van der Waals surface area contributed by atoms with E-state index in [2.05, 4.69) is 20.7 Å². The second-order valence-corrected chi connectivity index (χ2v) is 3.76. The monoisotopic (exact) mass is 262 g/mol. The van der Waals surface area contributed by atoms with E-state index in [0.29, 0.717) is 10.6 Å². The Kier molecular flexibility index (Phi) is 3.33. The van der Waals surface area contributed by atoms with Gasteiger partial charge in [0.25, 0.3) is 0 Å². The Morgan fingerprint density at radius 1 is 1.54 bits per heavy atom. The van der Waals surface area contributed by atoms with Gasteiger partial charge >= 0.3 is 5.97 Å². The van der Waals surface area contributed by atoms with Crippen LogP contribution in [-0.2, 0) is 4.74 Å². The molecule has 0 saturated heterocycles. The average molecular weight is 264 g/mol. The van der Waals surface area contributed by atoms with Crippen LogP contribution in [0.2, 0.25) is 5.02 Å². The molecule has 0 saturated carbocycles. The van der Waals surface area contributed by atoms with Crippen LogP contribution in [0.5, 0.6) is 0 Å². The molecule has 0 aliphatic rings. The van der Waals surface area contributed by atoms with Crippen molar-refractivity contribution >= 4 is 33.5 Å². The van der Waals surface area contributed by atoms with E-state index in [4.69, 9.17) is 11.6 Å². The maximum atomic E-state index is 11.2. The Balaban J connectivity index is 3.26. The van der Waals surface area contributed by atoms with Crippen LogP contribution in [0.4, 0.5) is 0 Å². The van der Waals surface area contributed by atoms with Crippen LogP contribution >= 0.6 is 27.5 Å². The standard InChI is InChI=1S/C9H8BrClO2/c1-5-6(9(12)13-2)3-4-7(10)8(5)11/h3-4H,1-2H3. The van der Waals surface area contributed by atoms with Crippen molar-refractivity contribution in [3.05, 3.63) is 32.8 Å². The zero-order chi connectivity index (χ0) is 10.0. The van der Waals surface area contributed by atoms with Crippen molar-refractivity contribution in [1.29, 1.82) is 0 Å². The molecule has 1 aromatic rings. The molecule has 0 amide bonds. The summed E-state index contributed by atoms with van der Waals surface area (Å²) < 4.78 is 5.38. The second kappa shape index (κ2) is 4.11. The summed E-state index contributed by atoms with van der Waals surface area (Å²) in [6.45, 7) is 1.78. The highest BCUT2D eigenvalue weighted by molar-refractivity contribution is 9.10. The molecule has 0 N–H and O–H groups in total. The molecule has 0 radical (unpaired) electrons. The van der Waals surface area contributed by atoms with Crippen LogP contribution in [0.15, 0.2) is 16.6 Å². The molecule has 13 heavy (non-hydrogen) atoms. The van der Waals surface area contributed by atoms with E-state index in [0.717, 1.165) is 10.0 Å². The first-order valence-electron chi connectivity index (χ1n) is 3.61.